The van der Waals surface area contributed by atoms with Crippen LogP contribution in [0.4, 0.5) is 0 Å². The van der Waals surface area contributed by atoms with Crippen LogP contribution < -0.4 is 5.32 Å². The summed E-state index contributed by atoms with van der Waals surface area (Å²) in [6.07, 6.45) is 10.8. The average molecular weight is 390 g/mol. The van der Waals surface area contributed by atoms with Crippen LogP contribution in [0.25, 0.3) is 11.1 Å². The van der Waals surface area contributed by atoms with Crippen molar-refractivity contribution in [2.75, 3.05) is 26.2 Å². The van der Waals surface area contributed by atoms with E-state index in [4.69, 9.17) is 0 Å². The summed E-state index contributed by atoms with van der Waals surface area (Å²) in [5, 5.41) is 3.09. The van der Waals surface area contributed by atoms with Crippen molar-refractivity contribution in [3.63, 3.8) is 0 Å². The lowest BCUT2D eigenvalue weighted by Crippen LogP contribution is -2.50. The molecule has 1 aromatic carbocycles. The number of carbonyl (C=O) groups excluding carboxylic acids is 1. The van der Waals surface area contributed by atoms with Gasteiger partial charge < -0.3 is 10.2 Å². The van der Waals surface area contributed by atoms with Crippen LogP contribution in [0.5, 0.6) is 0 Å². The van der Waals surface area contributed by atoms with E-state index in [0.29, 0.717) is 6.54 Å². The average Bonchev–Trinajstić information content (AvgIpc) is 3.58. The number of aromatic nitrogens is 1. The van der Waals surface area contributed by atoms with E-state index in [1.54, 1.807) is 6.08 Å². The highest BCUT2D eigenvalue weighted by molar-refractivity contribution is 5.83. The number of amides is 1. The third-order valence-electron chi connectivity index (χ3n) is 6.40. The van der Waals surface area contributed by atoms with Gasteiger partial charge in [0.25, 0.3) is 0 Å². The van der Waals surface area contributed by atoms with E-state index < -0.39 is 0 Å². The molecule has 4 rings (SSSR count). The molecule has 1 aliphatic heterocycles. The minimum absolute atomic E-state index is 0.179. The fourth-order valence-corrected chi connectivity index (χ4v) is 4.46. The number of benzene rings is 1. The predicted octanol–water partition coefficient (Wildman–Crippen LogP) is 4.09. The van der Waals surface area contributed by atoms with Crippen LogP contribution >= 0.6 is 0 Å². The lowest BCUT2D eigenvalue weighted by Gasteiger charge is -2.41. The number of rotatable bonds is 8. The Morgan fingerprint density at radius 1 is 1.17 bits per heavy atom. The summed E-state index contributed by atoms with van der Waals surface area (Å²) in [4.78, 5) is 19.9. The van der Waals surface area contributed by atoms with Crippen molar-refractivity contribution in [2.24, 2.45) is 11.3 Å². The molecule has 1 N–H and O–H groups in total. The Hall–Kier alpha value is -2.46. The molecule has 2 fully saturated rings. The zero-order chi connectivity index (χ0) is 20.1. The first kappa shape index (κ1) is 19.8. The van der Waals surface area contributed by atoms with E-state index in [9.17, 15) is 4.79 Å². The molecule has 29 heavy (non-hydrogen) atoms. The first-order valence-corrected chi connectivity index (χ1v) is 10.8. The van der Waals surface area contributed by atoms with Gasteiger partial charge in [-0.15, -0.1) is 6.58 Å². The Kier molecular flexibility index (Phi) is 6.10. The van der Waals surface area contributed by atoms with Crippen LogP contribution in [-0.4, -0.2) is 42.0 Å². The molecule has 1 aromatic heterocycles. The highest BCUT2D eigenvalue weighted by Crippen LogP contribution is 2.38. The van der Waals surface area contributed by atoms with Crippen molar-refractivity contribution in [1.82, 2.24) is 15.2 Å². The van der Waals surface area contributed by atoms with E-state index in [1.807, 2.05) is 24.5 Å². The number of likely N-dealkylation sites (tertiary alicyclic amines) is 1. The van der Waals surface area contributed by atoms with Crippen LogP contribution in [-0.2, 0) is 11.2 Å². The number of piperidine rings is 1. The summed E-state index contributed by atoms with van der Waals surface area (Å²) in [5.74, 6) is 1.08. The lowest BCUT2D eigenvalue weighted by molar-refractivity contribution is -0.133. The molecule has 2 aliphatic rings. The molecule has 1 aliphatic carbocycles. The van der Waals surface area contributed by atoms with Crippen molar-refractivity contribution < 1.29 is 4.79 Å². The molecule has 1 amide bonds. The van der Waals surface area contributed by atoms with Crippen molar-refractivity contribution in [1.29, 1.82) is 0 Å². The third-order valence-corrected chi connectivity index (χ3v) is 6.40. The zero-order valence-corrected chi connectivity index (χ0v) is 17.1. The molecule has 1 saturated heterocycles. The molecule has 0 bridgehead atoms. The second-order valence-electron chi connectivity index (χ2n) is 8.64. The Bertz CT molecular complexity index is 836. The Balaban J connectivity index is 1.52. The maximum absolute atomic E-state index is 13.2. The normalized spacial score (nSPS) is 18.9. The van der Waals surface area contributed by atoms with Crippen molar-refractivity contribution >= 4 is 5.91 Å². The molecule has 0 unspecified atom stereocenters. The van der Waals surface area contributed by atoms with Crippen LogP contribution in [0, 0.1) is 11.3 Å². The van der Waals surface area contributed by atoms with Gasteiger partial charge in [-0.1, -0.05) is 30.3 Å². The fourth-order valence-electron chi connectivity index (χ4n) is 4.46. The van der Waals surface area contributed by atoms with E-state index in [-0.39, 0.29) is 11.3 Å². The van der Waals surface area contributed by atoms with E-state index in [0.717, 1.165) is 43.8 Å². The highest BCUT2D eigenvalue weighted by Gasteiger charge is 2.41. The number of nitrogens with one attached hydrogen (secondary N) is 1. The smallest absolute Gasteiger partial charge is 0.226 e. The molecule has 0 spiro atoms. The molecule has 2 aromatic rings. The second kappa shape index (κ2) is 8.91. The second-order valence-corrected chi connectivity index (χ2v) is 8.64. The topological polar surface area (TPSA) is 45.2 Å². The van der Waals surface area contributed by atoms with Crippen molar-refractivity contribution in [2.45, 2.75) is 32.1 Å². The summed E-state index contributed by atoms with van der Waals surface area (Å²) in [7, 11) is 0. The minimum Gasteiger partial charge on any atom is -0.352 e. The van der Waals surface area contributed by atoms with Gasteiger partial charge in [0.15, 0.2) is 0 Å². The van der Waals surface area contributed by atoms with Crippen LogP contribution in [0.3, 0.4) is 0 Å². The maximum atomic E-state index is 13.2. The van der Waals surface area contributed by atoms with Gasteiger partial charge in [0, 0.05) is 25.5 Å². The first-order valence-electron chi connectivity index (χ1n) is 10.8. The van der Waals surface area contributed by atoms with E-state index in [2.05, 4.69) is 46.0 Å². The number of nitrogens with zero attached hydrogens (tertiary/aromatic N) is 2. The van der Waals surface area contributed by atoms with Gasteiger partial charge in [0.05, 0.1) is 5.41 Å². The Labute approximate surface area is 174 Å². The van der Waals surface area contributed by atoms with Gasteiger partial charge in [-0.3, -0.25) is 9.78 Å². The monoisotopic (exact) mass is 389 g/mol. The van der Waals surface area contributed by atoms with E-state index in [1.165, 1.54) is 30.5 Å². The number of hydrogen-bond acceptors (Lipinski definition) is 3. The SMILES string of the molecule is C=CCNC(=O)C1(Cc2cccc(-c3ccncc3)c2)CCN(CC2CC2)CC1. The molecular weight excluding hydrogens is 358 g/mol. The van der Waals surface area contributed by atoms with Gasteiger partial charge in [0.1, 0.15) is 0 Å². The quantitative estimate of drug-likeness (QED) is 0.692. The molecule has 4 nitrogen and oxygen atoms in total. The summed E-state index contributed by atoms with van der Waals surface area (Å²) in [6.45, 7) is 7.53. The van der Waals surface area contributed by atoms with Gasteiger partial charge in [-0.2, -0.15) is 0 Å². The summed E-state index contributed by atoms with van der Waals surface area (Å²) in [5.41, 5.74) is 3.23. The molecule has 0 radical (unpaired) electrons. The largest absolute Gasteiger partial charge is 0.352 e. The highest BCUT2D eigenvalue weighted by atomic mass is 16.2. The van der Waals surface area contributed by atoms with E-state index >= 15 is 0 Å². The molecule has 4 heteroatoms. The zero-order valence-electron chi connectivity index (χ0n) is 17.1. The van der Waals surface area contributed by atoms with Gasteiger partial charge in [0.2, 0.25) is 5.91 Å². The number of hydrogen-bond donors (Lipinski definition) is 1. The molecule has 1 saturated carbocycles. The number of carbonyl (C=O) groups is 1. The van der Waals surface area contributed by atoms with Crippen LogP contribution in [0.15, 0.2) is 61.4 Å². The van der Waals surface area contributed by atoms with Crippen LogP contribution in [0.2, 0.25) is 0 Å². The molecule has 0 atom stereocenters. The van der Waals surface area contributed by atoms with Gasteiger partial charge in [-0.25, -0.2) is 0 Å². The fraction of sp³-hybridized carbons (Fsp3) is 0.440. The Morgan fingerprint density at radius 2 is 1.93 bits per heavy atom. The summed E-state index contributed by atoms with van der Waals surface area (Å²) in [6, 6.07) is 12.7. The number of pyridine rings is 1. The molecular formula is C25H31N3O. The predicted molar refractivity (Wildman–Crippen MR) is 117 cm³/mol. The summed E-state index contributed by atoms with van der Waals surface area (Å²) >= 11 is 0. The molecule has 2 heterocycles. The molecule has 152 valence electrons. The van der Waals surface area contributed by atoms with Crippen LogP contribution in [0.1, 0.15) is 31.2 Å². The van der Waals surface area contributed by atoms with Gasteiger partial charge in [-0.05, 0) is 79.9 Å². The third kappa shape index (κ3) is 4.94. The maximum Gasteiger partial charge on any atom is 0.226 e. The minimum atomic E-state index is -0.333. The summed E-state index contributed by atoms with van der Waals surface area (Å²) < 4.78 is 0. The lowest BCUT2D eigenvalue weighted by atomic mass is 9.72. The standard InChI is InChI=1S/C25H31N3O/c1-2-12-27-24(29)25(10-15-28(16-11-25)19-20-6-7-20)18-21-4-3-5-23(17-21)22-8-13-26-14-9-22/h2-5,8-9,13-14,17,20H,1,6-7,10-12,15-16,18-19H2,(H,27,29). The van der Waals surface area contributed by atoms with Crippen molar-refractivity contribution in [3.05, 3.63) is 67.0 Å². The first-order chi connectivity index (χ1) is 14.2. The van der Waals surface area contributed by atoms with Gasteiger partial charge >= 0.3 is 0 Å². The Morgan fingerprint density at radius 3 is 2.62 bits per heavy atom. The van der Waals surface area contributed by atoms with Crippen molar-refractivity contribution in [3.8, 4) is 11.1 Å².